The average Bonchev–Trinajstić information content (AvgIpc) is 2.89. The third-order valence-electron chi connectivity index (χ3n) is 5.00. The third kappa shape index (κ3) is 5.24. The van der Waals surface area contributed by atoms with Crippen LogP contribution in [0, 0.1) is 0 Å². The standard InChI is InChI=1S/C26H23N3O5/c1-31-19-5-4-6-21(15-19)34-25-14-13-22(28-29-25)17-7-9-18(10-8-17)26(30)27-23-12-11-20(32-2)16-24(23)33-3/h4-16H,1-3H3,(H,27,30). The van der Waals surface area contributed by atoms with Crippen LogP contribution >= 0.6 is 0 Å². The Kier molecular flexibility index (Phi) is 6.88. The first-order valence-corrected chi connectivity index (χ1v) is 10.4. The quantitative estimate of drug-likeness (QED) is 0.388. The minimum Gasteiger partial charge on any atom is -0.497 e. The van der Waals surface area contributed by atoms with E-state index >= 15 is 0 Å². The van der Waals surface area contributed by atoms with E-state index in [9.17, 15) is 4.79 Å². The van der Waals surface area contributed by atoms with Gasteiger partial charge in [-0.1, -0.05) is 18.2 Å². The van der Waals surface area contributed by atoms with Crippen molar-refractivity contribution in [2.75, 3.05) is 26.6 Å². The number of carbonyl (C=O) groups excluding carboxylic acids is 1. The summed E-state index contributed by atoms with van der Waals surface area (Å²) >= 11 is 0. The number of ether oxygens (including phenoxy) is 4. The van der Waals surface area contributed by atoms with E-state index in [0.717, 1.165) is 5.56 Å². The van der Waals surface area contributed by atoms with Crippen LogP contribution in [-0.2, 0) is 0 Å². The predicted molar refractivity (Wildman–Crippen MR) is 128 cm³/mol. The summed E-state index contributed by atoms with van der Waals surface area (Å²) in [4.78, 5) is 12.7. The molecule has 0 aliphatic carbocycles. The molecule has 34 heavy (non-hydrogen) atoms. The number of amides is 1. The zero-order valence-electron chi connectivity index (χ0n) is 18.9. The molecule has 3 aromatic carbocycles. The zero-order chi connectivity index (χ0) is 23.9. The van der Waals surface area contributed by atoms with Crippen molar-refractivity contribution >= 4 is 11.6 Å². The van der Waals surface area contributed by atoms with Gasteiger partial charge in [0.25, 0.3) is 5.91 Å². The largest absolute Gasteiger partial charge is 0.497 e. The normalized spacial score (nSPS) is 10.3. The predicted octanol–water partition coefficient (Wildman–Crippen LogP) is 5.21. The van der Waals surface area contributed by atoms with Crippen molar-refractivity contribution in [3.8, 4) is 40.1 Å². The van der Waals surface area contributed by atoms with Crippen LogP contribution in [0.5, 0.6) is 28.9 Å². The summed E-state index contributed by atoms with van der Waals surface area (Å²) in [5.41, 5.74) is 2.52. The number of anilines is 1. The van der Waals surface area contributed by atoms with Crippen LogP contribution in [0.25, 0.3) is 11.3 Å². The van der Waals surface area contributed by atoms with E-state index in [-0.39, 0.29) is 5.91 Å². The lowest BCUT2D eigenvalue weighted by Gasteiger charge is -2.12. The number of rotatable bonds is 8. The molecule has 0 unspecified atom stereocenters. The van der Waals surface area contributed by atoms with Gasteiger partial charge in [0, 0.05) is 29.3 Å². The number of methoxy groups -OCH3 is 3. The van der Waals surface area contributed by atoms with E-state index in [1.54, 1.807) is 62.8 Å². The summed E-state index contributed by atoms with van der Waals surface area (Å²) in [7, 11) is 4.70. The molecule has 0 saturated heterocycles. The molecular weight excluding hydrogens is 434 g/mol. The zero-order valence-corrected chi connectivity index (χ0v) is 18.9. The van der Waals surface area contributed by atoms with Crippen LogP contribution in [0.3, 0.4) is 0 Å². The average molecular weight is 457 g/mol. The highest BCUT2D eigenvalue weighted by Gasteiger charge is 2.12. The van der Waals surface area contributed by atoms with Crippen LogP contribution in [0.4, 0.5) is 5.69 Å². The van der Waals surface area contributed by atoms with Crippen LogP contribution in [0.1, 0.15) is 10.4 Å². The third-order valence-corrected chi connectivity index (χ3v) is 5.00. The molecule has 8 heteroatoms. The molecule has 0 aliphatic heterocycles. The van der Waals surface area contributed by atoms with Gasteiger partial charge in [-0.25, -0.2) is 0 Å². The SMILES string of the molecule is COc1cccc(Oc2ccc(-c3ccc(C(=O)Nc4ccc(OC)cc4OC)cc3)nn2)c1. The van der Waals surface area contributed by atoms with Crippen molar-refractivity contribution in [2.45, 2.75) is 0 Å². The van der Waals surface area contributed by atoms with Gasteiger partial charge in [0.2, 0.25) is 5.88 Å². The topological polar surface area (TPSA) is 91.8 Å². The highest BCUT2D eigenvalue weighted by Crippen LogP contribution is 2.30. The van der Waals surface area contributed by atoms with Gasteiger partial charge in [-0.3, -0.25) is 4.79 Å². The number of hydrogen-bond acceptors (Lipinski definition) is 7. The maximum Gasteiger partial charge on any atom is 0.255 e. The van der Waals surface area contributed by atoms with Crippen molar-refractivity contribution in [3.05, 3.63) is 84.4 Å². The second kappa shape index (κ2) is 10.4. The van der Waals surface area contributed by atoms with Crippen LogP contribution in [-0.4, -0.2) is 37.4 Å². The Morgan fingerprint density at radius 1 is 0.735 bits per heavy atom. The smallest absolute Gasteiger partial charge is 0.255 e. The minimum atomic E-state index is -0.261. The van der Waals surface area contributed by atoms with Gasteiger partial charge in [-0.15, -0.1) is 10.2 Å². The summed E-state index contributed by atoms with van der Waals surface area (Å²) in [6, 6.07) is 23.0. The number of aromatic nitrogens is 2. The lowest BCUT2D eigenvalue weighted by atomic mass is 10.1. The van der Waals surface area contributed by atoms with Crippen molar-refractivity contribution in [3.63, 3.8) is 0 Å². The molecular formula is C26H23N3O5. The molecule has 0 bridgehead atoms. The second-order valence-electron chi connectivity index (χ2n) is 7.14. The highest BCUT2D eigenvalue weighted by molar-refractivity contribution is 6.05. The van der Waals surface area contributed by atoms with Crippen molar-refractivity contribution < 1.29 is 23.7 Å². The van der Waals surface area contributed by atoms with Crippen LogP contribution in [0.2, 0.25) is 0 Å². The van der Waals surface area contributed by atoms with Gasteiger partial charge in [0.15, 0.2) is 0 Å². The Balaban J connectivity index is 1.43. The molecule has 8 nitrogen and oxygen atoms in total. The summed E-state index contributed by atoms with van der Waals surface area (Å²) in [5, 5.41) is 11.2. The maximum atomic E-state index is 12.7. The molecule has 1 N–H and O–H groups in total. The Hall–Kier alpha value is -4.59. The van der Waals surface area contributed by atoms with Crippen molar-refractivity contribution in [1.82, 2.24) is 10.2 Å². The molecule has 1 amide bonds. The molecule has 4 rings (SSSR count). The van der Waals surface area contributed by atoms with E-state index in [4.69, 9.17) is 18.9 Å². The molecule has 0 spiro atoms. The first kappa shape index (κ1) is 22.6. The minimum absolute atomic E-state index is 0.261. The lowest BCUT2D eigenvalue weighted by molar-refractivity contribution is 0.102. The lowest BCUT2D eigenvalue weighted by Crippen LogP contribution is -2.12. The molecule has 0 fully saturated rings. The highest BCUT2D eigenvalue weighted by atomic mass is 16.5. The maximum absolute atomic E-state index is 12.7. The summed E-state index contributed by atoms with van der Waals surface area (Å²) < 4.78 is 21.4. The van der Waals surface area contributed by atoms with Crippen LogP contribution < -0.4 is 24.3 Å². The molecule has 4 aromatic rings. The van der Waals surface area contributed by atoms with Crippen LogP contribution in [0.15, 0.2) is 78.9 Å². The number of nitrogens with zero attached hydrogens (tertiary/aromatic N) is 2. The number of benzene rings is 3. The van der Waals surface area contributed by atoms with Gasteiger partial charge in [-0.05, 0) is 42.5 Å². The molecule has 0 radical (unpaired) electrons. The molecule has 1 aromatic heterocycles. The fourth-order valence-electron chi connectivity index (χ4n) is 3.20. The van der Waals surface area contributed by atoms with E-state index in [1.807, 2.05) is 30.3 Å². The van der Waals surface area contributed by atoms with Crippen molar-refractivity contribution in [2.24, 2.45) is 0 Å². The molecule has 0 aliphatic rings. The van der Waals surface area contributed by atoms with E-state index < -0.39 is 0 Å². The monoisotopic (exact) mass is 457 g/mol. The summed E-state index contributed by atoms with van der Waals surface area (Å²) in [6.45, 7) is 0. The second-order valence-corrected chi connectivity index (χ2v) is 7.14. The van der Waals surface area contributed by atoms with E-state index in [1.165, 1.54) is 7.11 Å². The van der Waals surface area contributed by atoms with Gasteiger partial charge in [0.1, 0.15) is 23.0 Å². The van der Waals surface area contributed by atoms with Gasteiger partial charge >= 0.3 is 0 Å². The molecule has 172 valence electrons. The van der Waals surface area contributed by atoms with Gasteiger partial charge in [-0.2, -0.15) is 0 Å². The Bertz CT molecular complexity index is 1270. The number of nitrogens with one attached hydrogen (secondary N) is 1. The summed E-state index contributed by atoms with van der Waals surface area (Å²) in [6.07, 6.45) is 0. The first-order chi connectivity index (χ1) is 16.6. The Labute approximate surface area is 197 Å². The summed E-state index contributed by atoms with van der Waals surface area (Å²) in [5.74, 6) is 2.54. The van der Waals surface area contributed by atoms with Gasteiger partial charge in [0.05, 0.1) is 32.7 Å². The molecule has 0 saturated carbocycles. The number of hydrogen-bond donors (Lipinski definition) is 1. The Morgan fingerprint density at radius 3 is 2.15 bits per heavy atom. The fourth-order valence-corrected chi connectivity index (χ4v) is 3.20. The van der Waals surface area contributed by atoms with Crippen molar-refractivity contribution in [1.29, 1.82) is 0 Å². The van der Waals surface area contributed by atoms with Gasteiger partial charge < -0.3 is 24.3 Å². The number of carbonyl (C=O) groups is 1. The fraction of sp³-hybridized carbons (Fsp3) is 0.115. The van der Waals surface area contributed by atoms with E-state index in [0.29, 0.717) is 45.8 Å². The van der Waals surface area contributed by atoms with E-state index in [2.05, 4.69) is 15.5 Å². The first-order valence-electron chi connectivity index (χ1n) is 10.4. The molecule has 0 atom stereocenters. The molecule has 1 heterocycles. The Morgan fingerprint density at radius 2 is 1.47 bits per heavy atom.